The Balaban J connectivity index is 0.000000810. The fourth-order valence-electron chi connectivity index (χ4n) is 1.55. The van der Waals surface area contributed by atoms with Gasteiger partial charge in [-0.1, -0.05) is 12.1 Å². The van der Waals surface area contributed by atoms with Crippen LogP contribution in [0.3, 0.4) is 0 Å². The van der Waals surface area contributed by atoms with Gasteiger partial charge in [-0.15, -0.1) is 0 Å². The maximum absolute atomic E-state index is 11.5. The van der Waals surface area contributed by atoms with Crippen LogP contribution in [0.15, 0.2) is 33.9 Å². The summed E-state index contributed by atoms with van der Waals surface area (Å²) in [6.07, 6.45) is 0. The van der Waals surface area contributed by atoms with Crippen molar-refractivity contribution in [2.45, 2.75) is 0 Å². The number of nitrogens with one attached hydrogen (secondary N) is 2. The Morgan fingerprint density at radius 3 is 2.35 bits per heavy atom. The van der Waals surface area contributed by atoms with E-state index >= 15 is 0 Å². The minimum absolute atomic E-state index is 0. The molecule has 6 nitrogen and oxygen atoms in total. The van der Waals surface area contributed by atoms with Crippen LogP contribution in [-0.4, -0.2) is 19.9 Å². The fourth-order valence-corrected chi connectivity index (χ4v) is 1.55. The van der Waals surface area contributed by atoms with Gasteiger partial charge in [-0.25, -0.2) is 14.8 Å². The molecule has 0 atom stereocenters. The van der Waals surface area contributed by atoms with Crippen molar-refractivity contribution in [3.05, 3.63) is 45.1 Å². The summed E-state index contributed by atoms with van der Waals surface area (Å²) >= 11 is 0. The van der Waals surface area contributed by atoms with Crippen LogP contribution in [-0.2, 0) is 0 Å². The number of hydrogen-bond donors (Lipinski definition) is 2. The van der Waals surface area contributed by atoms with Gasteiger partial charge >= 0.3 is 57.1 Å². The van der Waals surface area contributed by atoms with E-state index in [4.69, 9.17) is 0 Å². The molecule has 7 heteroatoms. The number of hydrogen-bond acceptors (Lipinski definition) is 4. The molecule has 2 N–H and O–H groups in total. The van der Waals surface area contributed by atoms with E-state index in [1.165, 1.54) is 0 Å². The van der Waals surface area contributed by atoms with Gasteiger partial charge in [-0.05, 0) is 12.1 Å². The first-order chi connectivity index (χ1) is 7.74. The molecule has 0 unspecified atom stereocenters. The van der Waals surface area contributed by atoms with Gasteiger partial charge < -0.3 is 1.43 Å². The molecule has 80 valence electrons. The van der Waals surface area contributed by atoms with E-state index in [-0.39, 0.29) is 64.0 Å². The van der Waals surface area contributed by atoms with Crippen molar-refractivity contribution in [3.8, 4) is 0 Å². The molecular weight excluding hydrogens is 247 g/mol. The van der Waals surface area contributed by atoms with E-state index in [9.17, 15) is 9.59 Å². The molecule has 17 heavy (non-hydrogen) atoms. The van der Waals surface area contributed by atoms with Crippen molar-refractivity contribution in [1.82, 2.24) is 19.9 Å². The van der Waals surface area contributed by atoms with Crippen LogP contribution in [0.4, 0.5) is 0 Å². The molecule has 0 saturated carbocycles. The largest absolute Gasteiger partial charge is 1.00 e. The number of para-hydroxylation sites is 2. The molecule has 3 aromatic rings. The summed E-state index contributed by atoms with van der Waals surface area (Å²) in [5, 5.41) is 0. The molecule has 3 rings (SSSR count). The average Bonchev–Trinajstić information content (AvgIpc) is 2.27. The van der Waals surface area contributed by atoms with Gasteiger partial charge in [0, 0.05) is 0 Å². The van der Waals surface area contributed by atoms with E-state index < -0.39 is 11.2 Å². The van der Waals surface area contributed by atoms with E-state index in [2.05, 4.69) is 19.9 Å². The van der Waals surface area contributed by atoms with Crippen LogP contribution in [0.5, 0.6) is 0 Å². The van der Waals surface area contributed by atoms with Crippen molar-refractivity contribution in [3.63, 3.8) is 0 Å². The summed E-state index contributed by atoms with van der Waals surface area (Å²) in [5.41, 5.74) is 0.480. The van der Waals surface area contributed by atoms with Gasteiger partial charge in [-0.3, -0.25) is 14.8 Å². The zero-order valence-electron chi connectivity index (χ0n) is 10.0. The van der Waals surface area contributed by atoms with Crippen molar-refractivity contribution in [2.75, 3.05) is 0 Å². The summed E-state index contributed by atoms with van der Waals surface area (Å²) < 4.78 is 0. The maximum atomic E-state index is 11.5. The van der Waals surface area contributed by atoms with Crippen LogP contribution in [0.25, 0.3) is 22.2 Å². The van der Waals surface area contributed by atoms with Crippen molar-refractivity contribution in [1.29, 1.82) is 0 Å². The number of benzene rings is 1. The molecule has 0 amide bonds. The van der Waals surface area contributed by atoms with Gasteiger partial charge in [0.15, 0.2) is 11.2 Å². The smallest absolute Gasteiger partial charge is 1.00 e. The maximum Gasteiger partial charge on any atom is 1.00 e. The first-order valence-corrected chi connectivity index (χ1v) is 4.63. The number of rotatable bonds is 0. The second-order valence-electron chi connectivity index (χ2n) is 3.32. The van der Waals surface area contributed by atoms with E-state index in [0.717, 1.165) is 0 Å². The molecule has 0 aliphatic rings. The molecule has 0 spiro atoms. The zero-order chi connectivity index (χ0) is 11.1. The van der Waals surface area contributed by atoms with Crippen molar-refractivity contribution in [2.24, 2.45) is 0 Å². The normalized spacial score (nSPS) is 10.4. The molecule has 0 radical (unpaired) electrons. The summed E-state index contributed by atoms with van der Waals surface area (Å²) in [5.74, 6) is 0. The third kappa shape index (κ3) is 2.24. The minimum atomic E-state index is -0.581. The first-order valence-electron chi connectivity index (χ1n) is 4.63. The predicted octanol–water partition coefficient (Wildman–Crippen LogP) is -2.72. The summed E-state index contributed by atoms with van der Waals surface area (Å²) in [6, 6.07) is 7.14. The van der Waals surface area contributed by atoms with Crippen LogP contribution in [0.1, 0.15) is 1.43 Å². The van der Waals surface area contributed by atoms with Crippen LogP contribution < -0.4 is 62.6 Å². The number of fused-ring (bicyclic) bond motifs is 2. The fraction of sp³-hybridized carbons (Fsp3) is 0. The standard InChI is InChI=1S/C10H6N4O2.K.H/c15-9-7-8(13-10(16)14-9)12-6-4-2-1-3-5(6)11-7;;/h1-4H,(H2,12,13,14,15,16);;/q;+1;-1. The monoisotopic (exact) mass is 254 g/mol. The molecule has 0 saturated heterocycles. The molecule has 0 aliphatic carbocycles. The number of aromatic amines is 2. The van der Waals surface area contributed by atoms with E-state index in [1.807, 2.05) is 12.1 Å². The number of H-pyrrole nitrogens is 2. The summed E-state index contributed by atoms with van der Waals surface area (Å²) in [7, 11) is 0. The second-order valence-corrected chi connectivity index (χ2v) is 3.32. The molecule has 1 aromatic carbocycles. The molecule has 0 aliphatic heterocycles. The van der Waals surface area contributed by atoms with Gasteiger partial charge in [0.2, 0.25) is 0 Å². The molecule has 2 heterocycles. The van der Waals surface area contributed by atoms with E-state index in [0.29, 0.717) is 11.0 Å². The van der Waals surface area contributed by atoms with Gasteiger partial charge in [0.05, 0.1) is 11.0 Å². The van der Waals surface area contributed by atoms with Crippen molar-refractivity contribution < 1.29 is 52.8 Å². The quantitative estimate of drug-likeness (QED) is 0.337. The molecular formula is C10H7KN4O2. The Hall–Kier alpha value is -0.864. The SMILES string of the molecule is O=c1[nH]c(=O)c2nc3ccccc3nc2[nH]1.[H-].[K+]. The van der Waals surface area contributed by atoms with Gasteiger partial charge in [-0.2, -0.15) is 0 Å². The van der Waals surface area contributed by atoms with Gasteiger partial charge in [0.25, 0.3) is 5.56 Å². The second kappa shape index (κ2) is 4.79. The predicted molar refractivity (Wildman–Crippen MR) is 59.4 cm³/mol. The molecule has 0 fully saturated rings. The molecule has 0 bridgehead atoms. The Kier molecular flexibility index (Phi) is 3.55. The summed E-state index contributed by atoms with van der Waals surface area (Å²) in [6.45, 7) is 0. The Bertz CT molecular complexity index is 814. The Morgan fingerprint density at radius 1 is 1.00 bits per heavy atom. The zero-order valence-corrected chi connectivity index (χ0v) is 12.1. The third-order valence-corrected chi connectivity index (χ3v) is 2.24. The summed E-state index contributed by atoms with van der Waals surface area (Å²) in [4.78, 5) is 35.4. The van der Waals surface area contributed by atoms with E-state index in [1.54, 1.807) is 12.1 Å². The molecule has 2 aromatic heterocycles. The third-order valence-electron chi connectivity index (χ3n) is 2.24. The topological polar surface area (TPSA) is 91.5 Å². The first kappa shape index (κ1) is 12.6. The van der Waals surface area contributed by atoms with Crippen LogP contribution >= 0.6 is 0 Å². The Labute approximate surface area is 138 Å². The minimum Gasteiger partial charge on any atom is -1.00 e. The van der Waals surface area contributed by atoms with Gasteiger partial charge in [0.1, 0.15) is 0 Å². The van der Waals surface area contributed by atoms with Crippen molar-refractivity contribution >= 4 is 22.2 Å². The number of aromatic nitrogens is 4. The number of nitrogens with zero attached hydrogens (tertiary/aromatic N) is 2. The van der Waals surface area contributed by atoms with Crippen LogP contribution in [0.2, 0.25) is 0 Å². The Morgan fingerprint density at radius 2 is 1.65 bits per heavy atom. The average molecular weight is 254 g/mol. The van der Waals surface area contributed by atoms with Crippen LogP contribution in [0, 0.1) is 0 Å².